The van der Waals surface area contributed by atoms with E-state index in [9.17, 15) is 13.2 Å². The molecule has 6 nitrogen and oxygen atoms in total. The van der Waals surface area contributed by atoms with Crippen molar-refractivity contribution in [3.63, 3.8) is 0 Å². The summed E-state index contributed by atoms with van der Waals surface area (Å²) in [6, 6.07) is 6.35. The van der Waals surface area contributed by atoms with Gasteiger partial charge in [-0.1, -0.05) is 12.1 Å². The zero-order chi connectivity index (χ0) is 19.6. The van der Waals surface area contributed by atoms with Crippen molar-refractivity contribution in [2.24, 2.45) is 5.92 Å². The predicted molar refractivity (Wildman–Crippen MR) is 108 cm³/mol. The van der Waals surface area contributed by atoms with Crippen molar-refractivity contribution in [3.8, 4) is 0 Å². The minimum atomic E-state index is -3.22. The zero-order valence-corrected chi connectivity index (χ0v) is 17.5. The second-order valence-electron chi connectivity index (χ2n) is 7.63. The van der Waals surface area contributed by atoms with Gasteiger partial charge in [-0.15, -0.1) is 0 Å². The molecule has 0 aromatic heterocycles. The Labute approximate surface area is 163 Å². The fourth-order valence-electron chi connectivity index (χ4n) is 4.08. The number of rotatable bonds is 4. The Bertz CT molecular complexity index is 786. The van der Waals surface area contributed by atoms with Crippen molar-refractivity contribution in [3.05, 3.63) is 29.3 Å². The molecule has 7 heteroatoms. The van der Waals surface area contributed by atoms with E-state index in [-0.39, 0.29) is 17.6 Å². The number of anilines is 1. The number of hydrogen-bond acceptors (Lipinski definition) is 4. The largest absolute Gasteiger partial charge is 0.368 e. The van der Waals surface area contributed by atoms with E-state index in [1.807, 2.05) is 4.90 Å². The summed E-state index contributed by atoms with van der Waals surface area (Å²) in [5.74, 6) is 0.0153. The Balaban J connectivity index is 1.61. The lowest BCUT2D eigenvalue weighted by atomic mass is 9.97. The molecule has 2 aliphatic rings. The van der Waals surface area contributed by atoms with Gasteiger partial charge in [0.05, 0.1) is 11.7 Å². The summed E-state index contributed by atoms with van der Waals surface area (Å²) in [4.78, 5) is 17.2. The molecule has 1 amide bonds. The van der Waals surface area contributed by atoms with Crippen molar-refractivity contribution in [1.82, 2.24) is 9.21 Å². The highest BCUT2D eigenvalue weighted by Crippen LogP contribution is 2.26. The smallest absolute Gasteiger partial charge is 0.227 e. The van der Waals surface area contributed by atoms with Crippen LogP contribution in [0, 0.1) is 19.8 Å². The third kappa shape index (κ3) is 4.29. The van der Waals surface area contributed by atoms with Gasteiger partial charge in [-0.3, -0.25) is 4.79 Å². The van der Waals surface area contributed by atoms with Crippen molar-refractivity contribution < 1.29 is 13.2 Å². The quantitative estimate of drug-likeness (QED) is 0.785. The molecule has 27 heavy (non-hydrogen) atoms. The third-order valence-electron chi connectivity index (χ3n) is 6.00. The van der Waals surface area contributed by atoms with Crippen molar-refractivity contribution in [2.45, 2.75) is 33.6 Å². The first-order valence-electron chi connectivity index (χ1n) is 9.91. The van der Waals surface area contributed by atoms with Crippen LogP contribution in [0.1, 0.15) is 30.9 Å². The molecule has 2 fully saturated rings. The molecule has 1 unspecified atom stereocenters. The summed E-state index contributed by atoms with van der Waals surface area (Å²) >= 11 is 0. The van der Waals surface area contributed by atoms with Gasteiger partial charge in [0.25, 0.3) is 0 Å². The number of sulfonamides is 1. The van der Waals surface area contributed by atoms with E-state index in [1.54, 1.807) is 6.92 Å². The molecule has 2 saturated heterocycles. The van der Waals surface area contributed by atoms with E-state index in [0.717, 1.165) is 25.9 Å². The van der Waals surface area contributed by atoms with Crippen LogP contribution in [-0.2, 0) is 14.8 Å². The monoisotopic (exact) mass is 393 g/mol. The highest BCUT2D eigenvalue weighted by Gasteiger charge is 2.34. The minimum absolute atomic E-state index is 0.0996. The first-order chi connectivity index (χ1) is 12.8. The summed E-state index contributed by atoms with van der Waals surface area (Å²) in [5.41, 5.74) is 3.83. The Hall–Kier alpha value is -1.60. The summed E-state index contributed by atoms with van der Waals surface area (Å²) in [6.45, 7) is 9.84. The molecule has 1 aromatic carbocycles. The van der Waals surface area contributed by atoms with Crippen LogP contribution in [0.25, 0.3) is 0 Å². The van der Waals surface area contributed by atoms with Crippen LogP contribution < -0.4 is 4.90 Å². The lowest BCUT2D eigenvalue weighted by molar-refractivity contribution is -0.137. The fraction of sp³-hybridized carbons (Fsp3) is 0.650. The van der Waals surface area contributed by atoms with Gasteiger partial charge >= 0.3 is 0 Å². The molecule has 0 spiro atoms. The first kappa shape index (κ1) is 20.1. The van der Waals surface area contributed by atoms with Crippen LogP contribution in [0.3, 0.4) is 0 Å². The number of aryl methyl sites for hydroxylation is 1. The highest BCUT2D eigenvalue weighted by molar-refractivity contribution is 7.89. The van der Waals surface area contributed by atoms with Crippen molar-refractivity contribution in [2.75, 3.05) is 49.9 Å². The van der Waals surface area contributed by atoms with Gasteiger partial charge in [0.1, 0.15) is 0 Å². The first-order valence-corrected chi connectivity index (χ1v) is 11.5. The second-order valence-corrected chi connectivity index (χ2v) is 9.89. The van der Waals surface area contributed by atoms with Crippen LogP contribution in [0.4, 0.5) is 5.69 Å². The maximum atomic E-state index is 13.0. The number of piperazine rings is 1. The number of carbonyl (C=O) groups excluding carboxylic acids is 1. The number of benzene rings is 1. The van der Waals surface area contributed by atoms with Crippen LogP contribution in [0.5, 0.6) is 0 Å². The predicted octanol–water partition coefficient (Wildman–Crippen LogP) is 2.01. The van der Waals surface area contributed by atoms with E-state index in [2.05, 4.69) is 36.9 Å². The average molecular weight is 394 g/mol. The van der Waals surface area contributed by atoms with E-state index in [4.69, 9.17) is 0 Å². The molecule has 2 heterocycles. The van der Waals surface area contributed by atoms with Gasteiger partial charge in [0.15, 0.2) is 0 Å². The van der Waals surface area contributed by atoms with Crippen molar-refractivity contribution in [1.29, 1.82) is 0 Å². The maximum absolute atomic E-state index is 13.0. The maximum Gasteiger partial charge on any atom is 0.227 e. The molecule has 0 aliphatic carbocycles. The third-order valence-corrected chi connectivity index (χ3v) is 7.85. The summed E-state index contributed by atoms with van der Waals surface area (Å²) in [5, 5.41) is 0. The lowest BCUT2D eigenvalue weighted by Crippen LogP contribution is -2.53. The van der Waals surface area contributed by atoms with E-state index >= 15 is 0 Å². The molecular weight excluding hydrogens is 362 g/mol. The molecule has 0 bridgehead atoms. The number of nitrogens with zero attached hydrogens (tertiary/aromatic N) is 3. The molecule has 0 saturated carbocycles. The van der Waals surface area contributed by atoms with E-state index in [1.165, 1.54) is 21.1 Å². The molecule has 0 N–H and O–H groups in total. The SMILES string of the molecule is CCS(=O)(=O)N1CCCC(C(=O)N2CCN(c3cccc(C)c3C)CC2)C1. The van der Waals surface area contributed by atoms with Crippen LogP contribution >= 0.6 is 0 Å². The number of piperidine rings is 1. The standard InChI is InChI=1S/C20H31N3O3S/c1-4-27(25,26)23-10-6-8-18(15-23)20(24)22-13-11-21(12-14-22)19-9-5-7-16(2)17(19)3/h5,7,9,18H,4,6,8,10-15H2,1-3H3. The van der Waals surface area contributed by atoms with Crippen LogP contribution in [-0.4, -0.2) is 68.6 Å². The van der Waals surface area contributed by atoms with Gasteiger partial charge < -0.3 is 9.80 Å². The lowest BCUT2D eigenvalue weighted by Gasteiger charge is -2.40. The Morgan fingerprint density at radius 2 is 1.81 bits per heavy atom. The molecule has 1 atom stereocenters. The number of amides is 1. The topological polar surface area (TPSA) is 60.9 Å². The average Bonchev–Trinajstić information content (AvgIpc) is 2.70. The normalized spacial score (nSPS) is 22.1. The van der Waals surface area contributed by atoms with Gasteiger partial charge in [0, 0.05) is 45.0 Å². The van der Waals surface area contributed by atoms with Gasteiger partial charge in [0.2, 0.25) is 15.9 Å². The Morgan fingerprint density at radius 1 is 1.11 bits per heavy atom. The zero-order valence-electron chi connectivity index (χ0n) is 16.6. The molecule has 1 aromatic rings. The molecule has 0 radical (unpaired) electrons. The van der Waals surface area contributed by atoms with Gasteiger partial charge in [-0.25, -0.2) is 12.7 Å². The summed E-state index contributed by atoms with van der Waals surface area (Å²) < 4.78 is 25.8. The van der Waals surface area contributed by atoms with Gasteiger partial charge in [-0.2, -0.15) is 0 Å². The Kier molecular flexibility index (Phi) is 6.11. The van der Waals surface area contributed by atoms with E-state index < -0.39 is 10.0 Å². The van der Waals surface area contributed by atoms with Gasteiger partial charge in [-0.05, 0) is 50.8 Å². The Morgan fingerprint density at radius 3 is 2.48 bits per heavy atom. The number of hydrogen-bond donors (Lipinski definition) is 0. The highest BCUT2D eigenvalue weighted by atomic mass is 32.2. The fourth-order valence-corrected chi connectivity index (χ4v) is 5.26. The minimum Gasteiger partial charge on any atom is -0.368 e. The summed E-state index contributed by atoms with van der Waals surface area (Å²) in [7, 11) is -3.22. The molecule has 3 rings (SSSR count). The number of carbonyl (C=O) groups is 1. The van der Waals surface area contributed by atoms with Crippen LogP contribution in [0.15, 0.2) is 18.2 Å². The molecule has 2 aliphatic heterocycles. The second kappa shape index (κ2) is 8.19. The van der Waals surface area contributed by atoms with E-state index in [0.29, 0.717) is 26.2 Å². The molecule has 150 valence electrons. The molecular formula is C20H31N3O3S. The van der Waals surface area contributed by atoms with Crippen LogP contribution in [0.2, 0.25) is 0 Å². The van der Waals surface area contributed by atoms with Crippen molar-refractivity contribution >= 4 is 21.6 Å². The summed E-state index contributed by atoms with van der Waals surface area (Å²) in [6.07, 6.45) is 1.55.